The lowest BCUT2D eigenvalue weighted by Crippen LogP contribution is -2.25. The van der Waals surface area contributed by atoms with E-state index in [1.54, 1.807) is 4.63 Å². The quantitative estimate of drug-likeness (QED) is 0.586. The van der Waals surface area contributed by atoms with Gasteiger partial charge in [-0.3, -0.25) is 5.10 Å². The molecule has 8 heteroatoms. The topological polar surface area (TPSA) is 110 Å². The van der Waals surface area contributed by atoms with Crippen LogP contribution in [0.15, 0.2) is 0 Å². The highest BCUT2D eigenvalue weighted by Crippen LogP contribution is 2.17. The van der Waals surface area contributed by atoms with E-state index in [4.69, 9.17) is 5.73 Å². The number of hydrogen-bond acceptors (Lipinski definition) is 6. The summed E-state index contributed by atoms with van der Waals surface area (Å²) in [6, 6.07) is 0. The largest absolute Gasteiger partial charge is 0.353 e. The molecule has 0 saturated carbocycles. The maximum absolute atomic E-state index is 5.78. The Labute approximate surface area is 121 Å². The molecule has 3 heterocycles. The van der Waals surface area contributed by atoms with Gasteiger partial charge in [0.25, 0.3) is 0 Å². The van der Waals surface area contributed by atoms with Crippen molar-refractivity contribution in [1.29, 1.82) is 0 Å². The Morgan fingerprint density at radius 2 is 2.05 bits per heavy atom. The third kappa shape index (κ3) is 2.33. The van der Waals surface area contributed by atoms with Crippen molar-refractivity contribution in [3.05, 3.63) is 28.0 Å². The molecule has 0 amide bonds. The van der Waals surface area contributed by atoms with Crippen molar-refractivity contribution >= 4 is 17.5 Å². The van der Waals surface area contributed by atoms with Crippen molar-refractivity contribution < 1.29 is 0 Å². The van der Waals surface area contributed by atoms with Crippen LogP contribution in [0, 0.1) is 20.8 Å². The molecular weight excluding hydrogens is 268 g/mol. The molecule has 21 heavy (non-hydrogen) atoms. The van der Waals surface area contributed by atoms with E-state index in [0.717, 1.165) is 33.6 Å². The number of anilines is 1. The Morgan fingerprint density at radius 3 is 2.76 bits per heavy atom. The fourth-order valence-corrected chi connectivity index (χ4v) is 2.25. The number of aromatic amines is 1. The first kappa shape index (κ1) is 13.5. The molecule has 0 aliphatic carbocycles. The molecule has 0 aromatic carbocycles. The molecule has 1 unspecified atom stereocenters. The second kappa shape index (κ2) is 4.81. The molecule has 0 bridgehead atoms. The molecule has 8 nitrogen and oxygen atoms in total. The number of nitrogens with one attached hydrogen (secondary N) is 2. The molecule has 0 aliphatic rings. The van der Waals surface area contributed by atoms with E-state index in [2.05, 4.69) is 30.7 Å². The van der Waals surface area contributed by atoms with Crippen molar-refractivity contribution in [3.63, 3.8) is 0 Å². The van der Waals surface area contributed by atoms with Crippen LogP contribution in [0.1, 0.15) is 29.7 Å². The molecule has 1 atom stereocenters. The first-order valence-electron chi connectivity index (χ1n) is 6.74. The van der Waals surface area contributed by atoms with E-state index < -0.39 is 0 Å². The first-order valence-corrected chi connectivity index (χ1v) is 6.74. The van der Waals surface area contributed by atoms with Crippen molar-refractivity contribution in [1.82, 2.24) is 30.0 Å². The van der Waals surface area contributed by atoms with Gasteiger partial charge in [0.05, 0.1) is 11.9 Å². The summed E-state index contributed by atoms with van der Waals surface area (Å²) < 4.78 is 1.56. The molecule has 0 saturated heterocycles. The smallest absolute Gasteiger partial charge is 0.185 e. The molecule has 0 aliphatic heterocycles. The van der Waals surface area contributed by atoms with Crippen molar-refractivity contribution in [3.8, 4) is 0 Å². The summed E-state index contributed by atoms with van der Waals surface area (Å²) >= 11 is 0. The summed E-state index contributed by atoms with van der Waals surface area (Å²) in [6.45, 7) is 7.61. The van der Waals surface area contributed by atoms with Crippen LogP contribution in [-0.4, -0.2) is 36.2 Å². The number of aryl methyl sites for hydroxylation is 3. The molecule has 3 aromatic heterocycles. The van der Waals surface area contributed by atoms with Crippen molar-refractivity contribution in [2.45, 2.75) is 33.9 Å². The Bertz CT molecular complexity index is 841. The van der Waals surface area contributed by atoms with E-state index in [1.165, 1.54) is 0 Å². The third-order valence-electron chi connectivity index (χ3n) is 3.22. The number of aromatic nitrogens is 6. The summed E-state index contributed by atoms with van der Waals surface area (Å²) in [4.78, 5) is 4.42. The second-order valence-corrected chi connectivity index (χ2v) is 5.16. The molecule has 0 fully saturated rings. The maximum atomic E-state index is 5.78. The highest BCUT2D eigenvalue weighted by Gasteiger charge is 2.12. The van der Waals surface area contributed by atoms with Gasteiger partial charge in [0.2, 0.25) is 0 Å². The normalized spacial score (nSPS) is 14.0. The SMILES string of the molecule is Cc1nc2/c(=C\c3c(NC(C)N)n[nH]c3C)c(C)nn2n1. The van der Waals surface area contributed by atoms with Crippen LogP contribution >= 0.6 is 0 Å². The number of nitrogens with two attached hydrogens (primary N) is 1. The van der Waals surface area contributed by atoms with Crippen molar-refractivity contribution in [2.24, 2.45) is 5.73 Å². The molecule has 3 aromatic rings. The van der Waals surface area contributed by atoms with Gasteiger partial charge in [0.1, 0.15) is 5.82 Å². The van der Waals surface area contributed by atoms with Gasteiger partial charge >= 0.3 is 0 Å². The highest BCUT2D eigenvalue weighted by atomic mass is 15.5. The fourth-order valence-electron chi connectivity index (χ4n) is 2.25. The lowest BCUT2D eigenvalue weighted by Gasteiger charge is -2.07. The molecule has 0 spiro atoms. The van der Waals surface area contributed by atoms with E-state index >= 15 is 0 Å². The fraction of sp³-hybridized carbons (Fsp3) is 0.385. The molecular formula is C13H18N8. The average molecular weight is 286 g/mol. The summed E-state index contributed by atoms with van der Waals surface area (Å²) in [7, 11) is 0. The predicted octanol–water partition coefficient (Wildman–Crippen LogP) is 0.0370. The number of nitrogens with zero attached hydrogens (tertiary/aromatic N) is 5. The second-order valence-electron chi connectivity index (χ2n) is 5.16. The third-order valence-corrected chi connectivity index (χ3v) is 3.22. The van der Waals surface area contributed by atoms with Gasteiger partial charge in [0.15, 0.2) is 11.5 Å². The lowest BCUT2D eigenvalue weighted by molar-refractivity contribution is 0.793. The van der Waals surface area contributed by atoms with E-state index in [0.29, 0.717) is 5.82 Å². The molecule has 110 valence electrons. The number of H-pyrrole nitrogens is 1. The monoisotopic (exact) mass is 286 g/mol. The summed E-state index contributed by atoms with van der Waals surface area (Å²) in [5, 5.41) is 19.9. The van der Waals surface area contributed by atoms with Crippen LogP contribution in [0.3, 0.4) is 0 Å². The average Bonchev–Trinajstić information content (AvgIpc) is 2.98. The number of hydrogen-bond donors (Lipinski definition) is 3. The number of fused-ring (bicyclic) bond motifs is 1. The van der Waals surface area contributed by atoms with Gasteiger partial charge in [-0.25, -0.2) is 4.98 Å². The minimum atomic E-state index is -0.186. The van der Waals surface area contributed by atoms with Crippen LogP contribution < -0.4 is 16.3 Å². The summed E-state index contributed by atoms with van der Waals surface area (Å²) in [5.41, 5.74) is 9.30. The van der Waals surface area contributed by atoms with Crippen LogP contribution in [0.4, 0.5) is 5.82 Å². The number of rotatable bonds is 3. The van der Waals surface area contributed by atoms with E-state index in [-0.39, 0.29) is 6.17 Å². The van der Waals surface area contributed by atoms with Gasteiger partial charge < -0.3 is 11.1 Å². The van der Waals surface area contributed by atoms with Crippen LogP contribution in [0.2, 0.25) is 0 Å². The highest BCUT2D eigenvalue weighted by molar-refractivity contribution is 5.68. The van der Waals surface area contributed by atoms with Gasteiger partial charge in [-0.15, -0.1) is 9.73 Å². The van der Waals surface area contributed by atoms with Gasteiger partial charge in [-0.1, -0.05) is 0 Å². The Hall–Kier alpha value is -2.48. The first-order chi connectivity index (χ1) is 9.95. The minimum Gasteiger partial charge on any atom is -0.353 e. The minimum absolute atomic E-state index is 0.186. The van der Waals surface area contributed by atoms with Gasteiger partial charge in [0, 0.05) is 16.5 Å². The predicted molar refractivity (Wildman–Crippen MR) is 79.6 cm³/mol. The zero-order valence-corrected chi connectivity index (χ0v) is 12.5. The molecule has 4 N–H and O–H groups in total. The van der Waals surface area contributed by atoms with Crippen LogP contribution in [-0.2, 0) is 0 Å². The van der Waals surface area contributed by atoms with Gasteiger partial charge in [-0.2, -0.15) is 10.2 Å². The molecule has 3 rings (SSSR count). The zero-order valence-electron chi connectivity index (χ0n) is 12.5. The van der Waals surface area contributed by atoms with Crippen molar-refractivity contribution in [2.75, 3.05) is 5.32 Å². The van der Waals surface area contributed by atoms with Crippen LogP contribution in [0.25, 0.3) is 11.7 Å². The summed E-state index contributed by atoms with van der Waals surface area (Å²) in [5.74, 6) is 1.42. The van der Waals surface area contributed by atoms with Crippen LogP contribution in [0.5, 0.6) is 0 Å². The Balaban J connectivity index is 2.20. The Morgan fingerprint density at radius 1 is 1.29 bits per heavy atom. The zero-order chi connectivity index (χ0) is 15.1. The standard InChI is InChI=1S/C13H18N8/c1-6-10(12(18-17-6)15-8(3)14)5-11-7(2)19-21-13(11)16-9(4)20-21/h5,8H,14H2,1-4H3,(H2,15,17,18)/b11-5-. The maximum Gasteiger partial charge on any atom is 0.185 e. The summed E-state index contributed by atoms with van der Waals surface area (Å²) in [6.07, 6.45) is 1.82. The van der Waals surface area contributed by atoms with E-state index in [1.807, 2.05) is 33.8 Å². The Kier molecular flexibility index (Phi) is 3.09. The van der Waals surface area contributed by atoms with Gasteiger partial charge in [-0.05, 0) is 33.8 Å². The lowest BCUT2D eigenvalue weighted by atomic mass is 10.2. The van der Waals surface area contributed by atoms with E-state index in [9.17, 15) is 0 Å². The molecule has 0 radical (unpaired) electrons.